The molecule has 0 saturated heterocycles. The minimum Gasteiger partial charge on any atom is -0.342 e. The summed E-state index contributed by atoms with van der Waals surface area (Å²) in [5, 5.41) is 0. The molecule has 4 heteroatoms. The van der Waals surface area contributed by atoms with Gasteiger partial charge in [0.2, 0.25) is 5.91 Å². The van der Waals surface area contributed by atoms with E-state index in [9.17, 15) is 4.79 Å². The fraction of sp³-hybridized carbons (Fsp3) is 0.588. The minimum absolute atomic E-state index is 0. The first kappa shape index (κ1) is 18.0. The molecule has 2 N–H and O–H groups in total. The Bertz CT molecular complexity index is 424. The molecule has 1 saturated carbocycles. The number of halogens is 1. The lowest BCUT2D eigenvalue weighted by atomic mass is 9.94. The van der Waals surface area contributed by atoms with E-state index >= 15 is 0 Å². The van der Waals surface area contributed by atoms with Crippen molar-refractivity contribution in [3.63, 3.8) is 0 Å². The Morgan fingerprint density at radius 1 is 1.29 bits per heavy atom. The molecule has 0 radical (unpaired) electrons. The standard InChI is InChI=1S/C17H26N2O.ClH/c1-2-19(12-11-14-7-4-3-5-8-14)17(20)16-10-6-9-15(16)13-18;/h3-5,7-8,15-16H,2,6,9-13,18H2,1H3;1H/t15-,16-;/m1./s1. The second kappa shape index (κ2) is 9.06. The number of nitrogens with zero attached hydrogens (tertiary/aromatic N) is 1. The summed E-state index contributed by atoms with van der Waals surface area (Å²) in [6, 6.07) is 10.4. The van der Waals surface area contributed by atoms with Gasteiger partial charge in [0.1, 0.15) is 0 Å². The average molecular weight is 311 g/mol. The monoisotopic (exact) mass is 310 g/mol. The first-order valence-electron chi connectivity index (χ1n) is 7.79. The summed E-state index contributed by atoms with van der Waals surface area (Å²) in [7, 11) is 0. The van der Waals surface area contributed by atoms with Crippen LogP contribution in [0.4, 0.5) is 0 Å². The van der Waals surface area contributed by atoms with E-state index in [1.54, 1.807) is 0 Å². The lowest BCUT2D eigenvalue weighted by Crippen LogP contribution is -2.40. The van der Waals surface area contributed by atoms with Crippen LogP contribution in [-0.4, -0.2) is 30.4 Å². The third-order valence-electron chi connectivity index (χ3n) is 4.49. The molecule has 21 heavy (non-hydrogen) atoms. The van der Waals surface area contributed by atoms with Gasteiger partial charge >= 0.3 is 0 Å². The molecule has 0 bridgehead atoms. The number of amides is 1. The molecule has 118 valence electrons. The largest absolute Gasteiger partial charge is 0.342 e. The van der Waals surface area contributed by atoms with E-state index < -0.39 is 0 Å². The van der Waals surface area contributed by atoms with Gasteiger partial charge in [-0.1, -0.05) is 36.8 Å². The van der Waals surface area contributed by atoms with Gasteiger partial charge in [0, 0.05) is 19.0 Å². The number of hydrogen-bond donors (Lipinski definition) is 1. The van der Waals surface area contributed by atoms with Gasteiger partial charge in [0.15, 0.2) is 0 Å². The maximum atomic E-state index is 12.6. The van der Waals surface area contributed by atoms with Crippen LogP contribution in [0.15, 0.2) is 30.3 Å². The molecule has 1 aliphatic carbocycles. The van der Waals surface area contributed by atoms with E-state index in [0.717, 1.165) is 38.8 Å². The van der Waals surface area contributed by atoms with Gasteiger partial charge in [-0.3, -0.25) is 4.79 Å². The number of carbonyl (C=O) groups excluding carboxylic acids is 1. The quantitative estimate of drug-likeness (QED) is 0.878. The summed E-state index contributed by atoms with van der Waals surface area (Å²) in [5.74, 6) is 0.875. The molecule has 1 aliphatic rings. The van der Waals surface area contributed by atoms with Crippen LogP contribution in [0.3, 0.4) is 0 Å². The van der Waals surface area contributed by atoms with E-state index in [2.05, 4.69) is 31.2 Å². The lowest BCUT2D eigenvalue weighted by molar-refractivity contribution is -0.136. The predicted octanol–water partition coefficient (Wildman–Crippen LogP) is 2.87. The molecule has 0 spiro atoms. The van der Waals surface area contributed by atoms with Crippen molar-refractivity contribution >= 4 is 18.3 Å². The zero-order valence-corrected chi connectivity index (χ0v) is 13.6. The van der Waals surface area contributed by atoms with Gasteiger partial charge in [0.05, 0.1) is 0 Å². The highest BCUT2D eigenvalue weighted by Crippen LogP contribution is 2.32. The zero-order valence-electron chi connectivity index (χ0n) is 12.8. The minimum atomic E-state index is 0. The lowest BCUT2D eigenvalue weighted by Gasteiger charge is -2.27. The van der Waals surface area contributed by atoms with Crippen molar-refractivity contribution in [1.29, 1.82) is 0 Å². The maximum absolute atomic E-state index is 12.6. The molecule has 0 unspecified atom stereocenters. The smallest absolute Gasteiger partial charge is 0.226 e. The van der Waals surface area contributed by atoms with Gasteiger partial charge in [-0.15, -0.1) is 12.4 Å². The number of likely N-dealkylation sites (N-methyl/N-ethyl adjacent to an activating group) is 1. The summed E-state index contributed by atoms with van der Waals surface area (Å²) < 4.78 is 0. The molecular weight excluding hydrogens is 284 g/mol. The number of rotatable bonds is 6. The Hall–Kier alpha value is -1.06. The molecule has 0 heterocycles. The highest BCUT2D eigenvalue weighted by atomic mass is 35.5. The van der Waals surface area contributed by atoms with E-state index in [4.69, 9.17) is 5.73 Å². The summed E-state index contributed by atoms with van der Waals surface area (Å²) in [6.45, 7) is 4.31. The molecule has 3 nitrogen and oxygen atoms in total. The second-order valence-electron chi connectivity index (χ2n) is 5.69. The molecule has 0 aliphatic heterocycles. The highest BCUT2D eigenvalue weighted by molar-refractivity contribution is 5.85. The molecule has 0 aromatic heterocycles. The van der Waals surface area contributed by atoms with E-state index in [0.29, 0.717) is 18.4 Å². The van der Waals surface area contributed by atoms with Crippen LogP contribution >= 0.6 is 12.4 Å². The summed E-state index contributed by atoms with van der Waals surface area (Å²) in [4.78, 5) is 14.6. The first-order chi connectivity index (χ1) is 9.76. The maximum Gasteiger partial charge on any atom is 0.226 e. The highest BCUT2D eigenvalue weighted by Gasteiger charge is 2.34. The predicted molar refractivity (Wildman–Crippen MR) is 89.5 cm³/mol. The zero-order chi connectivity index (χ0) is 14.4. The van der Waals surface area contributed by atoms with Crippen molar-refractivity contribution in [3.8, 4) is 0 Å². The van der Waals surface area contributed by atoms with Gasteiger partial charge in [0.25, 0.3) is 0 Å². The van der Waals surface area contributed by atoms with E-state index in [1.165, 1.54) is 5.56 Å². The van der Waals surface area contributed by atoms with Crippen LogP contribution in [-0.2, 0) is 11.2 Å². The van der Waals surface area contributed by atoms with Crippen molar-refractivity contribution in [2.45, 2.75) is 32.6 Å². The molecule has 1 aromatic carbocycles. The van der Waals surface area contributed by atoms with Crippen molar-refractivity contribution in [1.82, 2.24) is 4.90 Å². The van der Waals surface area contributed by atoms with Crippen LogP contribution in [0.2, 0.25) is 0 Å². The Labute approximate surface area is 134 Å². The molecule has 2 rings (SSSR count). The molecule has 1 fully saturated rings. The third-order valence-corrected chi connectivity index (χ3v) is 4.49. The van der Waals surface area contributed by atoms with Crippen LogP contribution in [0.25, 0.3) is 0 Å². The van der Waals surface area contributed by atoms with Crippen molar-refractivity contribution in [2.24, 2.45) is 17.6 Å². The van der Waals surface area contributed by atoms with Gasteiger partial charge in [-0.2, -0.15) is 0 Å². The van der Waals surface area contributed by atoms with E-state index in [1.807, 2.05) is 11.0 Å². The second-order valence-corrected chi connectivity index (χ2v) is 5.69. The first-order valence-corrected chi connectivity index (χ1v) is 7.79. The Balaban J connectivity index is 0.00000220. The fourth-order valence-electron chi connectivity index (χ4n) is 3.21. The Kier molecular flexibility index (Phi) is 7.76. The van der Waals surface area contributed by atoms with Crippen LogP contribution in [0.5, 0.6) is 0 Å². The van der Waals surface area contributed by atoms with Crippen LogP contribution < -0.4 is 5.73 Å². The SMILES string of the molecule is CCN(CCc1ccccc1)C(=O)[C@@H]1CCC[C@@H]1CN.Cl. The number of benzene rings is 1. The van der Waals surface area contributed by atoms with E-state index in [-0.39, 0.29) is 18.3 Å². The topological polar surface area (TPSA) is 46.3 Å². The molecule has 1 aromatic rings. The van der Waals surface area contributed by atoms with Crippen molar-refractivity contribution in [3.05, 3.63) is 35.9 Å². The molecule has 1 amide bonds. The average Bonchev–Trinajstić information content (AvgIpc) is 2.97. The van der Waals surface area contributed by atoms with Gasteiger partial charge in [-0.25, -0.2) is 0 Å². The Morgan fingerprint density at radius 3 is 2.62 bits per heavy atom. The fourth-order valence-corrected chi connectivity index (χ4v) is 3.21. The van der Waals surface area contributed by atoms with Gasteiger partial charge in [-0.05, 0) is 44.2 Å². The van der Waals surface area contributed by atoms with Crippen molar-refractivity contribution in [2.75, 3.05) is 19.6 Å². The van der Waals surface area contributed by atoms with Crippen LogP contribution in [0, 0.1) is 11.8 Å². The number of nitrogens with two attached hydrogens (primary N) is 1. The normalized spacial score (nSPS) is 20.9. The third kappa shape index (κ3) is 4.72. The number of carbonyl (C=O) groups is 1. The summed E-state index contributed by atoms with van der Waals surface area (Å²) >= 11 is 0. The summed E-state index contributed by atoms with van der Waals surface area (Å²) in [5.41, 5.74) is 7.09. The molecule has 2 atom stereocenters. The number of hydrogen-bond acceptors (Lipinski definition) is 2. The molecular formula is C17H27ClN2O. The van der Waals surface area contributed by atoms with Crippen molar-refractivity contribution < 1.29 is 4.79 Å². The van der Waals surface area contributed by atoms with Crippen LogP contribution in [0.1, 0.15) is 31.7 Å². The summed E-state index contributed by atoms with van der Waals surface area (Å²) in [6.07, 6.45) is 4.21. The Morgan fingerprint density at radius 2 is 2.00 bits per heavy atom. The van der Waals surface area contributed by atoms with Gasteiger partial charge < -0.3 is 10.6 Å².